The van der Waals surface area contributed by atoms with Crippen LogP contribution in [0.15, 0.2) is 41.3 Å². The normalized spacial score (nSPS) is 19.6. The van der Waals surface area contributed by atoms with Crippen molar-refractivity contribution in [3.8, 4) is 0 Å². The summed E-state index contributed by atoms with van der Waals surface area (Å²) >= 11 is 1.83. The van der Waals surface area contributed by atoms with E-state index in [-0.39, 0.29) is 17.1 Å². The summed E-state index contributed by atoms with van der Waals surface area (Å²) in [5.74, 6) is 1.44. The largest absolute Gasteiger partial charge is 0.416 e. The molecule has 0 aliphatic carbocycles. The van der Waals surface area contributed by atoms with Gasteiger partial charge in [-0.05, 0) is 55.3 Å². The van der Waals surface area contributed by atoms with Crippen LogP contribution in [0.1, 0.15) is 11.1 Å². The highest BCUT2D eigenvalue weighted by atomic mass is 32.2. The first-order valence-electron chi connectivity index (χ1n) is 9.85. The first kappa shape index (κ1) is 21.9. The topological polar surface area (TPSA) is 76.2 Å². The van der Waals surface area contributed by atoms with Gasteiger partial charge < -0.3 is 9.64 Å². The van der Waals surface area contributed by atoms with Crippen LogP contribution in [0.4, 0.5) is 20.6 Å². The van der Waals surface area contributed by atoms with Gasteiger partial charge in [-0.25, -0.2) is 13.4 Å². The molecule has 2 fully saturated rings. The number of ether oxygens (including phenoxy) is 1. The smallest absolute Gasteiger partial charge is 0.416 e. The third-order valence-electron chi connectivity index (χ3n) is 5.38. The lowest BCUT2D eigenvalue weighted by atomic mass is 10.1. The van der Waals surface area contributed by atoms with Crippen molar-refractivity contribution in [3.05, 3.63) is 53.3 Å². The molecule has 166 valence electrons. The highest BCUT2D eigenvalue weighted by Gasteiger charge is 2.37. The van der Waals surface area contributed by atoms with Gasteiger partial charge in [0.05, 0.1) is 22.8 Å². The predicted molar refractivity (Wildman–Crippen MR) is 118 cm³/mol. The van der Waals surface area contributed by atoms with E-state index in [4.69, 9.17) is 8.92 Å². The summed E-state index contributed by atoms with van der Waals surface area (Å²) in [4.78, 5) is 15.4. The molecule has 1 unspecified atom stereocenters. The predicted octanol–water partition coefficient (Wildman–Crippen LogP) is 3.68. The quantitative estimate of drug-likeness (QED) is 0.622. The molecular formula is C21H23FN2O5S2. The van der Waals surface area contributed by atoms with E-state index in [2.05, 4.69) is 0 Å². The summed E-state index contributed by atoms with van der Waals surface area (Å²) in [6.07, 6.45) is -2.11. The van der Waals surface area contributed by atoms with Gasteiger partial charge in [0.1, 0.15) is 5.82 Å². The lowest BCUT2D eigenvalue weighted by Crippen LogP contribution is -2.33. The molecule has 7 nitrogen and oxygen atoms in total. The number of anilines is 2. The molecule has 0 N–H and O–H groups in total. The van der Waals surface area contributed by atoms with Crippen molar-refractivity contribution in [1.29, 1.82) is 0 Å². The van der Waals surface area contributed by atoms with Crippen LogP contribution in [0.3, 0.4) is 0 Å². The van der Waals surface area contributed by atoms with Gasteiger partial charge >= 0.3 is 6.09 Å². The van der Waals surface area contributed by atoms with Crippen LogP contribution in [0.25, 0.3) is 0 Å². The zero-order valence-corrected chi connectivity index (χ0v) is 18.8. The molecule has 0 spiro atoms. The summed E-state index contributed by atoms with van der Waals surface area (Å²) in [6, 6.07) is 9.16. The number of nitrogens with zero attached hydrogens (tertiary/aromatic N) is 2. The molecule has 0 radical (unpaired) electrons. The Balaban J connectivity index is 1.48. The second-order valence-corrected chi connectivity index (χ2v) is 10.3. The van der Waals surface area contributed by atoms with Crippen LogP contribution in [-0.2, 0) is 19.0 Å². The highest BCUT2D eigenvalue weighted by molar-refractivity contribution is 7.99. The number of rotatable bonds is 5. The Bertz CT molecular complexity index is 1100. The average molecular weight is 467 g/mol. The third kappa shape index (κ3) is 4.65. The molecule has 4 rings (SSSR count). The number of halogens is 1. The van der Waals surface area contributed by atoms with E-state index in [1.54, 1.807) is 25.1 Å². The Morgan fingerprint density at radius 1 is 1.10 bits per heavy atom. The first-order valence-corrected chi connectivity index (χ1v) is 12.4. The molecule has 2 aromatic carbocycles. The van der Waals surface area contributed by atoms with Crippen LogP contribution in [0, 0.1) is 19.7 Å². The SMILES string of the molecule is Cc1ccc(S(=O)(=O)OC2CN(c3ccc(N4CCSCC4)c(F)c3)C(=O)O2)cc1C. The fourth-order valence-corrected chi connectivity index (χ4v) is 5.44. The van der Waals surface area contributed by atoms with E-state index >= 15 is 0 Å². The molecule has 0 bridgehead atoms. The van der Waals surface area contributed by atoms with Crippen LogP contribution in [-0.4, -0.2) is 51.9 Å². The number of aryl methyl sites for hydroxylation is 2. The number of hydrogen-bond donors (Lipinski definition) is 0. The molecule has 31 heavy (non-hydrogen) atoms. The summed E-state index contributed by atoms with van der Waals surface area (Å²) in [5.41, 5.74) is 2.53. The van der Waals surface area contributed by atoms with E-state index < -0.39 is 28.3 Å². The maximum Gasteiger partial charge on any atom is 0.416 e. The lowest BCUT2D eigenvalue weighted by Gasteiger charge is -2.29. The maximum absolute atomic E-state index is 14.7. The molecular weight excluding hydrogens is 443 g/mol. The van der Waals surface area contributed by atoms with Gasteiger partial charge in [-0.3, -0.25) is 4.90 Å². The maximum atomic E-state index is 14.7. The Kier molecular flexibility index (Phi) is 6.14. The second-order valence-electron chi connectivity index (χ2n) is 7.46. The van der Waals surface area contributed by atoms with Gasteiger partial charge in [0.15, 0.2) is 0 Å². The Labute approximate surface area is 185 Å². The number of thioether (sulfide) groups is 1. The van der Waals surface area contributed by atoms with Gasteiger partial charge in [-0.2, -0.15) is 20.2 Å². The van der Waals surface area contributed by atoms with Crippen LogP contribution in [0.2, 0.25) is 0 Å². The summed E-state index contributed by atoms with van der Waals surface area (Å²) in [5, 5.41) is 0. The number of hydrogen-bond acceptors (Lipinski definition) is 7. The van der Waals surface area contributed by atoms with Crippen molar-refractivity contribution in [1.82, 2.24) is 0 Å². The number of amides is 1. The molecule has 10 heteroatoms. The lowest BCUT2D eigenvalue weighted by molar-refractivity contribution is 0.0107. The average Bonchev–Trinajstić information content (AvgIpc) is 3.09. The van der Waals surface area contributed by atoms with Crippen molar-refractivity contribution in [2.45, 2.75) is 25.0 Å². The summed E-state index contributed by atoms with van der Waals surface area (Å²) in [6.45, 7) is 5.03. The van der Waals surface area contributed by atoms with Crippen molar-refractivity contribution < 1.29 is 26.5 Å². The van der Waals surface area contributed by atoms with Crippen molar-refractivity contribution >= 4 is 39.3 Å². The van der Waals surface area contributed by atoms with Gasteiger partial charge in [0.25, 0.3) is 10.1 Å². The molecule has 0 aromatic heterocycles. The molecule has 1 atom stereocenters. The molecule has 2 aliphatic rings. The third-order valence-corrected chi connectivity index (χ3v) is 7.62. The number of benzene rings is 2. The van der Waals surface area contributed by atoms with Gasteiger partial charge in [0, 0.05) is 24.6 Å². The molecule has 2 aliphatic heterocycles. The van der Waals surface area contributed by atoms with Crippen LogP contribution < -0.4 is 9.80 Å². The minimum absolute atomic E-state index is 0.0137. The van der Waals surface area contributed by atoms with E-state index in [0.29, 0.717) is 5.69 Å². The Hall–Kier alpha value is -2.30. The fraction of sp³-hybridized carbons (Fsp3) is 0.381. The molecule has 0 saturated carbocycles. The highest BCUT2D eigenvalue weighted by Crippen LogP contribution is 2.30. The van der Waals surface area contributed by atoms with Gasteiger partial charge in [-0.15, -0.1) is 0 Å². The Morgan fingerprint density at radius 3 is 2.52 bits per heavy atom. The molecule has 2 aromatic rings. The van der Waals surface area contributed by atoms with E-state index in [0.717, 1.165) is 35.7 Å². The van der Waals surface area contributed by atoms with Crippen LogP contribution in [0.5, 0.6) is 0 Å². The van der Waals surface area contributed by atoms with E-state index in [1.165, 1.54) is 23.1 Å². The van der Waals surface area contributed by atoms with E-state index in [9.17, 15) is 17.6 Å². The minimum Gasteiger partial charge on any atom is -0.416 e. The first-order chi connectivity index (χ1) is 14.7. The molecule has 2 saturated heterocycles. The van der Waals surface area contributed by atoms with Gasteiger partial charge in [0.2, 0.25) is 6.29 Å². The number of carbonyl (C=O) groups is 1. The van der Waals surface area contributed by atoms with E-state index in [1.807, 2.05) is 23.6 Å². The summed E-state index contributed by atoms with van der Waals surface area (Å²) < 4.78 is 50.1. The zero-order chi connectivity index (χ0) is 22.2. The fourth-order valence-electron chi connectivity index (χ4n) is 3.49. The zero-order valence-electron chi connectivity index (χ0n) is 17.2. The van der Waals surface area contributed by atoms with Crippen LogP contribution >= 0.6 is 11.8 Å². The van der Waals surface area contributed by atoms with Crippen molar-refractivity contribution in [3.63, 3.8) is 0 Å². The molecule has 1 amide bonds. The standard InChI is InChI=1S/C21H23FN2O5S2/c1-14-3-5-17(11-15(14)2)31(26,27)29-20-13-24(21(25)28-20)16-4-6-19(18(22)12-16)23-7-9-30-10-8-23/h3-6,11-12,20H,7-10,13H2,1-2H3. The summed E-state index contributed by atoms with van der Waals surface area (Å²) in [7, 11) is -4.13. The number of carbonyl (C=O) groups excluding carboxylic acids is 1. The Morgan fingerprint density at radius 2 is 1.84 bits per heavy atom. The van der Waals surface area contributed by atoms with Gasteiger partial charge in [-0.1, -0.05) is 6.07 Å². The molecule has 2 heterocycles. The number of cyclic esters (lactones) is 1. The van der Waals surface area contributed by atoms with Crippen molar-refractivity contribution in [2.75, 3.05) is 40.9 Å². The monoisotopic (exact) mass is 466 g/mol. The second kappa shape index (κ2) is 8.68. The van der Waals surface area contributed by atoms with Crippen molar-refractivity contribution in [2.24, 2.45) is 0 Å². The minimum atomic E-state index is -4.13.